The lowest BCUT2D eigenvalue weighted by atomic mass is 10.4. The fourth-order valence-electron chi connectivity index (χ4n) is 1.41. The highest BCUT2D eigenvalue weighted by Gasteiger charge is 2.11. The molecule has 0 aromatic carbocycles. The number of carbonyl (C=O) groups is 1. The maximum atomic E-state index is 11.7. The summed E-state index contributed by atoms with van der Waals surface area (Å²) in [6, 6.07) is 3.42. The van der Waals surface area contributed by atoms with Gasteiger partial charge in [0.05, 0.1) is 19.9 Å². The van der Waals surface area contributed by atoms with Crippen LogP contribution < -0.4 is 15.0 Å². The highest BCUT2D eigenvalue weighted by molar-refractivity contribution is 5.91. The first-order valence-corrected chi connectivity index (χ1v) is 5.88. The van der Waals surface area contributed by atoms with E-state index in [9.17, 15) is 4.79 Å². The molecule has 106 valence electrons. The molecule has 2 aromatic heterocycles. The number of furan rings is 1. The van der Waals surface area contributed by atoms with Crippen LogP contribution in [0.25, 0.3) is 0 Å². The van der Waals surface area contributed by atoms with Crippen molar-refractivity contribution in [3.05, 3.63) is 30.0 Å². The highest BCUT2D eigenvalue weighted by atomic mass is 16.5. The zero-order valence-electron chi connectivity index (χ0n) is 11.5. The van der Waals surface area contributed by atoms with E-state index in [-0.39, 0.29) is 24.2 Å². The molecule has 1 N–H and O–H groups in total. The summed E-state index contributed by atoms with van der Waals surface area (Å²) in [5.74, 6) is 0.763. The molecule has 2 heterocycles. The molecule has 0 aliphatic carbocycles. The van der Waals surface area contributed by atoms with E-state index in [0.717, 1.165) is 0 Å². The van der Waals surface area contributed by atoms with Gasteiger partial charge in [-0.05, 0) is 12.1 Å². The molecular formula is C12H15N5O3. The van der Waals surface area contributed by atoms with Crippen LogP contribution in [0, 0.1) is 0 Å². The maximum absolute atomic E-state index is 11.7. The Kier molecular flexibility index (Phi) is 4.14. The van der Waals surface area contributed by atoms with E-state index in [1.165, 1.54) is 13.4 Å². The molecule has 2 aromatic rings. The number of carbonyl (C=O) groups excluding carboxylic acids is 1. The molecule has 0 saturated carbocycles. The molecule has 8 nitrogen and oxygen atoms in total. The quantitative estimate of drug-likeness (QED) is 0.849. The summed E-state index contributed by atoms with van der Waals surface area (Å²) in [5, 5.41) is 2.66. The number of nitrogens with zero attached hydrogens (tertiary/aromatic N) is 4. The molecule has 2 rings (SSSR count). The Labute approximate surface area is 115 Å². The number of methoxy groups -OCH3 is 1. The van der Waals surface area contributed by atoms with Crippen LogP contribution in [-0.2, 0) is 6.54 Å². The van der Waals surface area contributed by atoms with E-state index in [4.69, 9.17) is 9.15 Å². The van der Waals surface area contributed by atoms with Crippen molar-refractivity contribution in [1.82, 2.24) is 20.3 Å². The van der Waals surface area contributed by atoms with Gasteiger partial charge in [-0.2, -0.15) is 15.0 Å². The standard InChI is InChI=1S/C12H15N5O3/c1-17(2)11-14-9(15-12(16-11)19-3)7-13-10(18)8-5-4-6-20-8/h4-6H,7H2,1-3H3,(H,13,18). The second-order valence-electron chi connectivity index (χ2n) is 4.09. The number of rotatable bonds is 5. The van der Waals surface area contributed by atoms with E-state index in [1.807, 2.05) is 0 Å². The van der Waals surface area contributed by atoms with Crippen LogP contribution in [0.2, 0.25) is 0 Å². The van der Waals surface area contributed by atoms with Gasteiger partial charge in [0, 0.05) is 14.1 Å². The van der Waals surface area contributed by atoms with E-state index in [1.54, 1.807) is 31.1 Å². The number of amides is 1. The first-order chi connectivity index (χ1) is 9.60. The number of hydrogen-bond donors (Lipinski definition) is 1. The minimum Gasteiger partial charge on any atom is -0.467 e. The average Bonchev–Trinajstić information content (AvgIpc) is 2.98. The molecule has 0 aliphatic rings. The van der Waals surface area contributed by atoms with Crippen LogP contribution in [0.3, 0.4) is 0 Å². The minimum absolute atomic E-state index is 0.152. The summed E-state index contributed by atoms with van der Waals surface area (Å²) < 4.78 is 10.00. The predicted molar refractivity (Wildman–Crippen MR) is 70.6 cm³/mol. The van der Waals surface area contributed by atoms with Gasteiger partial charge in [0.2, 0.25) is 5.95 Å². The monoisotopic (exact) mass is 277 g/mol. The van der Waals surface area contributed by atoms with Crippen molar-refractivity contribution in [1.29, 1.82) is 0 Å². The fourth-order valence-corrected chi connectivity index (χ4v) is 1.41. The van der Waals surface area contributed by atoms with Gasteiger partial charge in [-0.25, -0.2) is 0 Å². The van der Waals surface area contributed by atoms with Crippen LogP contribution >= 0.6 is 0 Å². The maximum Gasteiger partial charge on any atom is 0.321 e. The van der Waals surface area contributed by atoms with E-state index >= 15 is 0 Å². The smallest absolute Gasteiger partial charge is 0.321 e. The van der Waals surface area contributed by atoms with E-state index < -0.39 is 0 Å². The summed E-state index contributed by atoms with van der Waals surface area (Å²) >= 11 is 0. The van der Waals surface area contributed by atoms with Crippen molar-refractivity contribution < 1.29 is 13.9 Å². The zero-order valence-corrected chi connectivity index (χ0v) is 11.5. The number of hydrogen-bond acceptors (Lipinski definition) is 7. The molecule has 0 unspecified atom stereocenters. The van der Waals surface area contributed by atoms with Gasteiger partial charge >= 0.3 is 6.01 Å². The summed E-state index contributed by atoms with van der Waals surface area (Å²) in [7, 11) is 5.08. The van der Waals surface area contributed by atoms with Crippen LogP contribution in [-0.4, -0.2) is 42.1 Å². The van der Waals surface area contributed by atoms with Crippen molar-refractivity contribution in [3.8, 4) is 6.01 Å². The average molecular weight is 277 g/mol. The number of aromatic nitrogens is 3. The third-order valence-corrected chi connectivity index (χ3v) is 2.38. The first kappa shape index (κ1) is 13.8. The third-order valence-electron chi connectivity index (χ3n) is 2.38. The van der Waals surface area contributed by atoms with Crippen LogP contribution in [0.5, 0.6) is 6.01 Å². The van der Waals surface area contributed by atoms with Gasteiger partial charge in [-0.1, -0.05) is 0 Å². The Hall–Kier alpha value is -2.64. The van der Waals surface area contributed by atoms with Gasteiger partial charge < -0.3 is 19.4 Å². The zero-order chi connectivity index (χ0) is 14.5. The van der Waals surface area contributed by atoms with Gasteiger partial charge in [-0.15, -0.1) is 0 Å². The van der Waals surface area contributed by atoms with Crippen molar-refractivity contribution in [2.24, 2.45) is 0 Å². The number of nitrogens with one attached hydrogen (secondary N) is 1. The van der Waals surface area contributed by atoms with Gasteiger partial charge in [0.15, 0.2) is 11.6 Å². The highest BCUT2D eigenvalue weighted by Crippen LogP contribution is 2.09. The molecule has 0 bridgehead atoms. The molecule has 1 amide bonds. The second kappa shape index (κ2) is 6.00. The van der Waals surface area contributed by atoms with Crippen LogP contribution in [0.1, 0.15) is 16.4 Å². The Morgan fingerprint density at radius 3 is 2.80 bits per heavy atom. The molecule has 0 fully saturated rings. The second-order valence-corrected chi connectivity index (χ2v) is 4.09. The molecular weight excluding hydrogens is 262 g/mol. The van der Waals surface area contributed by atoms with Crippen LogP contribution in [0.15, 0.2) is 22.8 Å². The lowest BCUT2D eigenvalue weighted by molar-refractivity contribution is 0.0922. The number of anilines is 1. The molecule has 0 radical (unpaired) electrons. The summed E-state index contributed by atoms with van der Waals surface area (Å²) in [6.45, 7) is 0.152. The van der Waals surface area contributed by atoms with E-state index in [0.29, 0.717) is 11.8 Å². The summed E-state index contributed by atoms with van der Waals surface area (Å²) in [5.41, 5.74) is 0. The summed E-state index contributed by atoms with van der Waals surface area (Å²) in [4.78, 5) is 25.8. The lowest BCUT2D eigenvalue weighted by Crippen LogP contribution is -2.24. The molecule has 0 aliphatic heterocycles. The van der Waals surface area contributed by atoms with Crippen molar-refractivity contribution >= 4 is 11.9 Å². The van der Waals surface area contributed by atoms with Gasteiger partial charge in [0.1, 0.15) is 0 Å². The normalized spacial score (nSPS) is 10.2. The molecule has 8 heteroatoms. The van der Waals surface area contributed by atoms with Crippen molar-refractivity contribution in [2.75, 3.05) is 26.1 Å². The Balaban J connectivity index is 2.09. The van der Waals surface area contributed by atoms with Gasteiger partial charge in [0.25, 0.3) is 5.91 Å². The van der Waals surface area contributed by atoms with Crippen molar-refractivity contribution in [2.45, 2.75) is 6.54 Å². The topological polar surface area (TPSA) is 93.4 Å². The molecule has 0 saturated heterocycles. The summed E-state index contributed by atoms with van der Waals surface area (Å²) in [6.07, 6.45) is 1.44. The third kappa shape index (κ3) is 3.22. The Morgan fingerprint density at radius 1 is 1.40 bits per heavy atom. The van der Waals surface area contributed by atoms with Gasteiger partial charge in [-0.3, -0.25) is 4.79 Å². The lowest BCUT2D eigenvalue weighted by Gasteiger charge is -2.12. The fraction of sp³-hybridized carbons (Fsp3) is 0.333. The largest absolute Gasteiger partial charge is 0.467 e. The SMILES string of the molecule is COc1nc(CNC(=O)c2ccco2)nc(N(C)C)n1. The molecule has 20 heavy (non-hydrogen) atoms. The van der Waals surface area contributed by atoms with Crippen molar-refractivity contribution in [3.63, 3.8) is 0 Å². The first-order valence-electron chi connectivity index (χ1n) is 5.88. The van der Waals surface area contributed by atoms with E-state index in [2.05, 4.69) is 20.3 Å². The van der Waals surface area contributed by atoms with Crippen LogP contribution in [0.4, 0.5) is 5.95 Å². The predicted octanol–water partition coefficient (Wildman–Crippen LogP) is 0.469. The Bertz CT molecular complexity index is 583. The molecule has 0 spiro atoms. The Morgan fingerprint density at radius 2 is 2.20 bits per heavy atom. The number of ether oxygens (including phenoxy) is 1. The minimum atomic E-state index is -0.333. The molecule has 0 atom stereocenters.